The van der Waals surface area contributed by atoms with Crippen molar-refractivity contribution in [2.45, 2.75) is 33.7 Å². The van der Waals surface area contributed by atoms with E-state index in [0.717, 1.165) is 17.9 Å². The maximum Gasteiger partial charge on any atom is 0.319 e. The van der Waals surface area contributed by atoms with Crippen LogP contribution >= 0.6 is 0 Å². The van der Waals surface area contributed by atoms with Crippen molar-refractivity contribution in [2.24, 2.45) is 5.92 Å². The van der Waals surface area contributed by atoms with Crippen molar-refractivity contribution in [1.29, 1.82) is 0 Å². The highest BCUT2D eigenvalue weighted by Gasteiger charge is 2.09. The van der Waals surface area contributed by atoms with Crippen LogP contribution < -0.4 is 16.0 Å². The molecule has 7 heteroatoms. The monoisotopic (exact) mass is 357 g/mol. The molecule has 26 heavy (non-hydrogen) atoms. The highest BCUT2D eigenvalue weighted by atomic mass is 16.2. The van der Waals surface area contributed by atoms with Gasteiger partial charge in [-0.2, -0.15) is 5.10 Å². The molecule has 1 aromatic heterocycles. The second-order valence-corrected chi connectivity index (χ2v) is 6.52. The summed E-state index contributed by atoms with van der Waals surface area (Å²) in [5, 5.41) is 12.7. The number of rotatable bonds is 8. The molecule has 1 atom stereocenters. The van der Waals surface area contributed by atoms with E-state index < -0.39 is 0 Å². The lowest BCUT2D eigenvalue weighted by molar-refractivity contribution is -0.121. The lowest BCUT2D eigenvalue weighted by Crippen LogP contribution is -2.35. The maximum absolute atomic E-state index is 11.9. The highest BCUT2D eigenvalue weighted by molar-refractivity contribution is 5.89. The molecule has 3 amide bonds. The van der Waals surface area contributed by atoms with E-state index in [-0.39, 0.29) is 30.8 Å². The molecular formula is C19H27N5O2. The molecular weight excluding hydrogens is 330 g/mol. The third-order valence-corrected chi connectivity index (χ3v) is 3.90. The van der Waals surface area contributed by atoms with Gasteiger partial charge in [0.1, 0.15) is 0 Å². The molecule has 3 N–H and O–H groups in total. The van der Waals surface area contributed by atoms with Crippen molar-refractivity contribution in [1.82, 2.24) is 20.4 Å². The van der Waals surface area contributed by atoms with Gasteiger partial charge >= 0.3 is 6.03 Å². The van der Waals surface area contributed by atoms with E-state index in [0.29, 0.717) is 12.2 Å². The third kappa shape index (κ3) is 6.58. The van der Waals surface area contributed by atoms with Gasteiger partial charge in [-0.3, -0.25) is 9.48 Å². The number of hydrogen-bond acceptors (Lipinski definition) is 3. The van der Waals surface area contributed by atoms with Gasteiger partial charge in [0.2, 0.25) is 5.91 Å². The first-order valence-electron chi connectivity index (χ1n) is 8.81. The Labute approximate surface area is 154 Å². The summed E-state index contributed by atoms with van der Waals surface area (Å²) in [6.45, 7) is 7.69. The van der Waals surface area contributed by atoms with Crippen molar-refractivity contribution in [3.63, 3.8) is 0 Å². The van der Waals surface area contributed by atoms with Gasteiger partial charge in [0.25, 0.3) is 0 Å². The zero-order valence-corrected chi connectivity index (χ0v) is 15.6. The van der Waals surface area contributed by atoms with E-state index in [1.165, 1.54) is 0 Å². The molecule has 0 bridgehead atoms. The molecule has 2 aromatic rings. The van der Waals surface area contributed by atoms with E-state index >= 15 is 0 Å². The first-order chi connectivity index (χ1) is 12.4. The molecule has 0 saturated carbocycles. The van der Waals surface area contributed by atoms with E-state index in [1.54, 1.807) is 12.1 Å². The van der Waals surface area contributed by atoms with Gasteiger partial charge in [-0.1, -0.05) is 25.1 Å². The van der Waals surface area contributed by atoms with E-state index in [1.807, 2.05) is 42.8 Å². The van der Waals surface area contributed by atoms with E-state index in [2.05, 4.69) is 28.0 Å². The average molecular weight is 357 g/mol. The second kappa shape index (κ2) is 9.60. The Hall–Kier alpha value is -2.83. The SMILES string of the molecule is Cc1cc(C)n(C[C@@H](C)CNC(=O)CCNC(=O)Nc2ccccc2)n1. The first-order valence-corrected chi connectivity index (χ1v) is 8.81. The Bertz CT molecular complexity index is 727. The number of para-hydroxylation sites is 1. The van der Waals surface area contributed by atoms with Crippen LogP contribution in [0.1, 0.15) is 24.7 Å². The summed E-state index contributed by atoms with van der Waals surface area (Å²) in [4.78, 5) is 23.6. The predicted molar refractivity (Wildman–Crippen MR) is 102 cm³/mol. The lowest BCUT2D eigenvalue weighted by Gasteiger charge is -2.14. The number of aryl methyl sites for hydroxylation is 2. The Morgan fingerprint density at radius 3 is 2.54 bits per heavy atom. The summed E-state index contributed by atoms with van der Waals surface area (Å²) >= 11 is 0. The number of carbonyl (C=O) groups is 2. The number of urea groups is 1. The Balaban J connectivity index is 1.61. The average Bonchev–Trinajstić information content (AvgIpc) is 2.91. The molecule has 1 aromatic carbocycles. The van der Waals surface area contributed by atoms with E-state index in [9.17, 15) is 9.59 Å². The zero-order valence-electron chi connectivity index (χ0n) is 15.6. The predicted octanol–water partition coefficient (Wildman–Crippen LogP) is 2.46. The third-order valence-electron chi connectivity index (χ3n) is 3.90. The normalized spacial score (nSPS) is 11.7. The summed E-state index contributed by atoms with van der Waals surface area (Å²) in [5.41, 5.74) is 2.83. The number of benzene rings is 1. The molecule has 0 spiro atoms. The highest BCUT2D eigenvalue weighted by Crippen LogP contribution is 2.06. The summed E-state index contributed by atoms with van der Waals surface area (Å²) in [5.74, 6) is 0.191. The number of nitrogens with zero attached hydrogens (tertiary/aromatic N) is 2. The topological polar surface area (TPSA) is 88.0 Å². The van der Waals surface area contributed by atoms with E-state index in [4.69, 9.17) is 0 Å². The number of hydrogen-bond donors (Lipinski definition) is 3. The fourth-order valence-electron chi connectivity index (χ4n) is 2.58. The van der Waals surface area contributed by atoms with Crippen LogP contribution in [0.5, 0.6) is 0 Å². The molecule has 0 radical (unpaired) electrons. The van der Waals surface area contributed by atoms with Crippen molar-refractivity contribution >= 4 is 17.6 Å². The van der Waals surface area contributed by atoms with Crippen molar-refractivity contribution < 1.29 is 9.59 Å². The molecule has 1 heterocycles. The van der Waals surface area contributed by atoms with Gasteiger partial charge in [0, 0.05) is 37.4 Å². The summed E-state index contributed by atoms with van der Waals surface area (Å²) in [6, 6.07) is 10.9. The van der Waals surface area contributed by atoms with Crippen LogP contribution in [0.2, 0.25) is 0 Å². The Morgan fingerprint density at radius 1 is 1.15 bits per heavy atom. The standard InChI is InChI=1S/C19H27N5O2/c1-14(13-24-16(3)11-15(2)23-24)12-21-18(25)9-10-20-19(26)22-17-7-5-4-6-8-17/h4-8,11,14H,9-10,12-13H2,1-3H3,(H,21,25)(H2,20,22,26)/t14-/m0/s1. The van der Waals surface area contributed by atoms with Crippen LogP contribution in [0.3, 0.4) is 0 Å². The van der Waals surface area contributed by atoms with Gasteiger partial charge in [-0.15, -0.1) is 0 Å². The van der Waals surface area contributed by atoms with Crippen LogP contribution in [0, 0.1) is 19.8 Å². The van der Waals surface area contributed by atoms with Gasteiger partial charge in [-0.05, 0) is 38.0 Å². The van der Waals surface area contributed by atoms with Crippen LogP contribution in [-0.4, -0.2) is 34.8 Å². The molecule has 0 saturated heterocycles. The molecule has 140 valence electrons. The summed E-state index contributed by atoms with van der Waals surface area (Å²) in [7, 11) is 0. The molecule has 2 rings (SSSR count). The number of aromatic nitrogens is 2. The molecule has 7 nitrogen and oxygen atoms in total. The zero-order chi connectivity index (χ0) is 18.9. The fraction of sp³-hybridized carbons (Fsp3) is 0.421. The van der Waals surface area contributed by atoms with Crippen LogP contribution in [0.15, 0.2) is 36.4 Å². The number of amides is 3. The maximum atomic E-state index is 11.9. The molecule has 0 unspecified atom stereocenters. The number of anilines is 1. The van der Waals surface area contributed by atoms with Gasteiger partial charge in [0.05, 0.1) is 5.69 Å². The molecule has 0 aliphatic heterocycles. The smallest absolute Gasteiger partial charge is 0.319 e. The molecule has 0 aliphatic rings. The number of nitrogens with one attached hydrogen (secondary N) is 3. The van der Waals surface area contributed by atoms with Gasteiger partial charge < -0.3 is 16.0 Å². The fourth-order valence-corrected chi connectivity index (χ4v) is 2.58. The molecule has 0 aliphatic carbocycles. The minimum absolute atomic E-state index is 0.0785. The number of carbonyl (C=O) groups excluding carboxylic acids is 2. The summed E-state index contributed by atoms with van der Waals surface area (Å²) < 4.78 is 1.96. The minimum atomic E-state index is -0.318. The first kappa shape index (κ1) is 19.5. The van der Waals surface area contributed by atoms with Gasteiger partial charge in [-0.25, -0.2) is 4.79 Å². The quantitative estimate of drug-likeness (QED) is 0.678. The van der Waals surface area contributed by atoms with Crippen molar-refractivity contribution in [3.05, 3.63) is 47.8 Å². The van der Waals surface area contributed by atoms with Crippen LogP contribution in [-0.2, 0) is 11.3 Å². The Kier molecular flexibility index (Phi) is 7.20. The van der Waals surface area contributed by atoms with Gasteiger partial charge in [0.15, 0.2) is 0 Å². The van der Waals surface area contributed by atoms with Crippen LogP contribution in [0.4, 0.5) is 10.5 Å². The Morgan fingerprint density at radius 2 is 1.88 bits per heavy atom. The van der Waals surface area contributed by atoms with Crippen molar-refractivity contribution in [2.75, 3.05) is 18.4 Å². The largest absolute Gasteiger partial charge is 0.356 e. The van der Waals surface area contributed by atoms with Crippen molar-refractivity contribution in [3.8, 4) is 0 Å². The second-order valence-electron chi connectivity index (χ2n) is 6.52. The molecule has 0 fully saturated rings. The van der Waals surface area contributed by atoms with Crippen LogP contribution in [0.25, 0.3) is 0 Å². The summed E-state index contributed by atoms with van der Waals surface area (Å²) in [6.07, 6.45) is 0.245. The lowest BCUT2D eigenvalue weighted by atomic mass is 10.2. The minimum Gasteiger partial charge on any atom is -0.356 e.